The number of halogens is 1. The molecule has 1 aliphatic rings. The molecule has 0 saturated heterocycles. The number of carbonyl (C=O) groups excluding carboxylic acids is 2. The fourth-order valence-electron chi connectivity index (χ4n) is 5.40. The van der Waals surface area contributed by atoms with E-state index in [0.29, 0.717) is 39.1 Å². The molecule has 2 aromatic carbocycles. The standard InChI is InChI=1S/C30H38BrN5O5S/c1-18(2)24-15-10-19(3)16-27(24)41-28(37)17-35(29-20(4)36(32)21(5)33-29)42(39,40)23-13-11-22(12-14-23)34-30(38)25-8-6-7-9-26(25)31/h6-9,11-14,18-19,24,27H,10,15-17,32H2,1-5H3,(H,34,38)/t19-,24-,27+/m1/s1. The molecular formula is C30H38BrN5O5S. The lowest BCUT2D eigenvalue weighted by Gasteiger charge is -2.37. The van der Waals surface area contributed by atoms with Crippen LogP contribution in [-0.2, 0) is 19.6 Å². The van der Waals surface area contributed by atoms with Crippen molar-refractivity contribution in [3.8, 4) is 0 Å². The number of amides is 1. The molecule has 3 aromatic rings. The van der Waals surface area contributed by atoms with Crippen molar-refractivity contribution < 1.29 is 22.7 Å². The number of esters is 1. The Balaban J connectivity index is 1.60. The quantitative estimate of drug-likeness (QED) is 0.231. The number of hydrogen-bond donors (Lipinski definition) is 2. The summed E-state index contributed by atoms with van der Waals surface area (Å²) in [4.78, 5) is 30.3. The lowest BCUT2D eigenvalue weighted by Crippen LogP contribution is -2.41. The van der Waals surface area contributed by atoms with Gasteiger partial charge in [0.05, 0.1) is 16.2 Å². The molecule has 1 aromatic heterocycles. The first-order valence-corrected chi connectivity index (χ1v) is 16.2. The molecule has 0 aliphatic heterocycles. The highest BCUT2D eigenvalue weighted by molar-refractivity contribution is 9.10. The summed E-state index contributed by atoms with van der Waals surface area (Å²) in [6.45, 7) is 9.10. The number of benzene rings is 2. The lowest BCUT2D eigenvalue weighted by atomic mass is 9.75. The van der Waals surface area contributed by atoms with Gasteiger partial charge in [-0.05, 0) is 96.8 Å². The van der Waals surface area contributed by atoms with Crippen molar-refractivity contribution in [2.45, 2.75) is 64.9 Å². The Morgan fingerprint density at radius 2 is 1.81 bits per heavy atom. The minimum Gasteiger partial charge on any atom is -0.461 e. The number of nitrogens with two attached hydrogens (primary N) is 1. The van der Waals surface area contributed by atoms with Crippen LogP contribution in [0.25, 0.3) is 0 Å². The second-order valence-corrected chi connectivity index (χ2v) is 14.0. The Morgan fingerprint density at radius 1 is 1.14 bits per heavy atom. The summed E-state index contributed by atoms with van der Waals surface area (Å²) in [5.41, 5.74) is 1.23. The zero-order valence-electron chi connectivity index (χ0n) is 24.5. The molecule has 42 heavy (non-hydrogen) atoms. The molecule has 12 heteroatoms. The summed E-state index contributed by atoms with van der Waals surface area (Å²) in [6, 6.07) is 12.7. The first kappa shape index (κ1) is 31.6. The van der Waals surface area contributed by atoms with Crippen LogP contribution in [0.3, 0.4) is 0 Å². The Bertz CT molecular complexity index is 1550. The van der Waals surface area contributed by atoms with E-state index in [4.69, 9.17) is 10.6 Å². The number of nitrogen functional groups attached to an aromatic ring is 1. The van der Waals surface area contributed by atoms with E-state index < -0.39 is 22.5 Å². The summed E-state index contributed by atoms with van der Waals surface area (Å²) in [7, 11) is -4.28. The van der Waals surface area contributed by atoms with Gasteiger partial charge in [0.1, 0.15) is 18.5 Å². The van der Waals surface area contributed by atoms with Gasteiger partial charge >= 0.3 is 5.97 Å². The number of rotatable bonds is 9. The van der Waals surface area contributed by atoms with Crippen LogP contribution in [0.5, 0.6) is 0 Å². The number of sulfonamides is 1. The number of imidazole rings is 1. The molecule has 1 fully saturated rings. The van der Waals surface area contributed by atoms with Crippen LogP contribution in [0, 0.1) is 31.6 Å². The van der Waals surface area contributed by atoms with E-state index in [9.17, 15) is 18.0 Å². The Kier molecular flexibility index (Phi) is 9.67. The smallest absolute Gasteiger partial charge is 0.327 e. The number of nitrogens with one attached hydrogen (secondary N) is 1. The second kappa shape index (κ2) is 12.9. The van der Waals surface area contributed by atoms with Gasteiger partial charge in [-0.1, -0.05) is 39.3 Å². The van der Waals surface area contributed by atoms with Gasteiger partial charge < -0.3 is 15.9 Å². The normalized spacial score (nSPS) is 19.0. The molecule has 1 aliphatic carbocycles. The Hall–Kier alpha value is -3.38. The average molecular weight is 661 g/mol. The van der Waals surface area contributed by atoms with Gasteiger partial charge in [-0.2, -0.15) is 0 Å². The van der Waals surface area contributed by atoms with E-state index in [1.807, 2.05) is 0 Å². The summed E-state index contributed by atoms with van der Waals surface area (Å²) in [5.74, 6) is 6.47. The first-order chi connectivity index (χ1) is 19.8. The number of carbonyl (C=O) groups is 2. The van der Waals surface area contributed by atoms with Crippen LogP contribution in [0.15, 0.2) is 57.9 Å². The largest absolute Gasteiger partial charge is 0.461 e. The van der Waals surface area contributed by atoms with Crippen molar-refractivity contribution in [2.24, 2.45) is 17.8 Å². The number of aryl methyl sites for hydroxylation is 1. The molecule has 0 bridgehead atoms. The number of hydrogen-bond acceptors (Lipinski definition) is 7. The van der Waals surface area contributed by atoms with Gasteiger partial charge in [0.15, 0.2) is 5.82 Å². The maximum Gasteiger partial charge on any atom is 0.327 e. The van der Waals surface area contributed by atoms with Crippen LogP contribution < -0.4 is 15.5 Å². The highest BCUT2D eigenvalue weighted by Gasteiger charge is 2.36. The summed E-state index contributed by atoms with van der Waals surface area (Å²) in [5, 5.41) is 2.77. The van der Waals surface area contributed by atoms with Gasteiger partial charge in [0.25, 0.3) is 15.9 Å². The third-order valence-corrected chi connectivity index (χ3v) is 10.3. The predicted molar refractivity (Wildman–Crippen MR) is 166 cm³/mol. The number of ether oxygens (including phenoxy) is 1. The molecule has 3 atom stereocenters. The molecule has 0 spiro atoms. The molecule has 1 heterocycles. The highest BCUT2D eigenvalue weighted by Crippen LogP contribution is 2.36. The summed E-state index contributed by atoms with van der Waals surface area (Å²) >= 11 is 3.36. The van der Waals surface area contributed by atoms with E-state index >= 15 is 0 Å². The zero-order valence-corrected chi connectivity index (χ0v) is 26.9. The summed E-state index contributed by atoms with van der Waals surface area (Å²) in [6.07, 6.45) is 2.49. The third-order valence-electron chi connectivity index (χ3n) is 7.87. The second-order valence-electron chi connectivity index (χ2n) is 11.3. The zero-order chi connectivity index (χ0) is 30.8. The Morgan fingerprint density at radius 3 is 2.40 bits per heavy atom. The molecule has 4 rings (SSSR count). The van der Waals surface area contributed by atoms with E-state index in [2.05, 4.69) is 47.0 Å². The van der Waals surface area contributed by atoms with Crippen molar-refractivity contribution in [3.63, 3.8) is 0 Å². The van der Waals surface area contributed by atoms with Crippen molar-refractivity contribution in [2.75, 3.05) is 22.0 Å². The van der Waals surface area contributed by atoms with Gasteiger partial charge in [-0.15, -0.1) is 0 Å². The lowest BCUT2D eigenvalue weighted by molar-refractivity contribution is -0.153. The highest BCUT2D eigenvalue weighted by atomic mass is 79.9. The van der Waals surface area contributed by atoms with Gasteiger partial charge in [-0.3, -0.25) is 9.59 Å². The van der Waals surface area contributed by atoms with Crippen molar-refractivity contribution in [1.82, 2.24) is 9.66 Å². The maximum absolute atomic E-state index is 14.0. The average Bonchev–Trinajstić information content (AvgIpc) is 3.18. The summed E-state index contributed by atoms with van der Waals surface area (Å²) < 4.78 is 36.8. The molecule has 0 unspecified atom stereocenters. The van der Waals surface area contributed by atoms with E-state index in [1.54, 1.807) is 38.1 Å². The van der Waals surface area contributed by atoms with E-state index in [-0.39, 0.29) is 28.6 Å². The minimum absolute atomic E-state index is 0.0516. The predicted octanol–water partition coefficient (Wildman–Crippen LogP) is 5.43. The SMILES string of the molecule is Cc1nc(N(CC(=O)O[C@H]2C[C@H](C)CC[C@@H]2C(C)C)S(=O)(=O)c2ccc(NC(=O)c3ccccc3Br)cc2)c(C)n1N. The first-order valence-electron chi connectivity index (χ1n) is 14.0. The molecule has 226 valence electrons. The number of nitrogens with zero attached hydrogens (tertiary/aromatic N) is 3. The number of aromatic nitrogens is 2. The van der Waals surface area contributed by atoms with E-state index in [1.165, 1.54) is 28.9 Å². The Labute approximate surface area is 255 Å². The van der Waals surface area contributed by atoms with Crippen LogP contribution in [-0.4, -0.2) is 42.6 Å². The fourth-order valence-corrected chi connectivity index (χ4v) is 7.28. The van der Waals surface area contributed by atoms with Crippen molar-refractivity contribution >= 4 is 49.3 Å². The minimum atomic E-state index is -4.28. The topological polar surface area (TPSA) is 137 Å². The van der Waals surface area contributed by atoms with Gasteiger partial charge in [-0.25, -0.2) is 22.4 Å². The van der Waals surface area contributed by atoms with Crippen LogP contribution >= 0.6 is 15.9 Å². The molecule has 1 amide bonds. The van der Waals surface area contributed by atoms with Gasteiger partial charge in [0, 0.05) is 10.2 Å². The fraction of sp³-hybridized carbons (Fsp3) is 0.433. The molecule has 10 nitrogen and oxygen atoms in total. The maximum atomic E-state index is 14.0. The monoisotopic (exact) mass is 659 g/mol. The van der Waals surface area contributed by atoms with Crippen LogP contribution in [0.1, 0.15) is 61.9 Å². The third kappa shape index (κ3) is 6.81. The molecular weight excluding hydrogens is 622 g/mol. The van der Waals surface area contributed by atoms with Crippen LogP contribution in [0.2, 0.25) is 0 Å². The van der Waals surface area contributed by atoms with E-state index in [0.717, 1.165) is 23.6 Å². The van der Waals surface area contributed by atoms with Crippen LogP contribution in [0.4, 0.5) is 11.5 Å². The van der Waals surface area contributed by atoms with Crippen molar-refractivity contribution in [1.29, 1.82) is 0 Å². The van der Waals surface area contributed by atoms with Gasteiger partial charge in [0.2, 0.25) is 0 Å². The molecule has 3 N–H and O–H groups in total. The molecule has 1 saturated carbocycles. The molecule has 0 radical (unpaired) electrons. The number of anilines is 2. The van der Waals surface area contributed by atoms with Crippen molar-refractivity contribution in [3.05, 3.63) is 70.1 Å².